The van der Waals surface area contributed by atoms with E-state index in [0.717, 1.165) is 32.2 Å². The molecule has 1 aliphatic rings. The first kappa shape index (κ1) is 18.4. The van der Waals surface area contributed by atoms with Crippen LogP contribution in [0, 0.1) is 5.92 Å². The highest BCUT2D eigenvalue weighted by Gasteiger charge is 2.17. The van der Waals surface area contributed by atoms with Crippen molar-refractivity contribution in [2.45, 2.75) is 19.4 Å². The molecule has 1 atom stereocenters. The van der Waals surface area contributed by atoms with Gasteiger partial charge in [-0.15, -0.1) is 23.7 Å². The topological polar surface area (TPSA) is 24.5 Å². The van der Waals surface area contributed by atoms with Crippen LogP contribution in [0.2, 0.25) is 0 Å². The number of hydrogen-bond donors (Lipinski definition) is 1. The molecule has 1 aromatic heterocycles. The Labute approximate surface area is 140 Å². The monoisotopic (exact) mass is 382 g/mol. The van der Waals surface area contributed by atoms with Gasteiger partial charge in [0.05, 0.1) is 6.61 Å². The molecule has 1 aromatic rings. The smallest absolute Gasteiger partial charge is 0.0589 e. The van der Waals surface area contributed by atoms with Gasteiger partial charge in [-0.25, -0.2) is 0 Å². The molecule has 1 saturated heterocycles. The number of rotatable bonds is 7. The molecule has 0 saturated carbocycles. The maximum atomic E-state index is 5.24. The molecular formula is C14H24BrClN2OS. The van der Waals surface area contributed by atoms with Gasteiger partial charge in [-0.1, -0.05) is 0 Å². The fourth-order valence-electron chi connectivity index (χ4n) is 2.56. The maximum Gasteiger partial charge on any atom is 0.0589 e. The molecule has 1 unspecified atom stereocenters. The zero-order valence-corrected chi connectivity index (χ0v) is 15.2. The van der Waals surface area contributed by atoms with Crippen LogP contribution in [0.3, 0.4) is 0 Å². The normalized spacial score (nSPS) is 19.1. The minimum Gasteiger partial charge on any atom is -0.383 e. The molecular weight excluding hydrogens is 360 g/mol. The first-order valence-electron chi connectivity index (χ1n) is 6.93. The molecule has 0 radical (unpaired) electrons. The second kappa shape index (κ2) is 10.1. The number of nitrogens with one attached hydrogen (secondary N) is 1. The zero-order chi connectivity index (χ0) is 13.5. The van der Waals surface area contributed by atoms with Crippen LogP contribution in [0.4, 0.5) is 0 Å². The molecule has 0 aliphatic carbocycles. The highest BCUT2D eigenvalue weighted by Crippen LogP contribution is 2.22. The van der Waals surface area contributed by atoms with Crippen molar-refractivity contribution >= 4 is 39.7 Å². The number of methoxy groups -OCH3 is 1. The fraction of sp³-hybridized carbons (Fsp3) is 0.714. The van der Waals surface area contributed by atoms with E-state index in [0.29, 0.717) is 0 Å². The number of hydrogen-bond acceptors (Lipinski definition) is 4. The van der Waals surface area contributed by atoms with Crippen molar-refractivity contribution in [3.05, 3.63) is 20.8 Å². The number of thiophene rings is 1. The second-order valence-corrected chi connectivity index (χ2v) is 7.08. The van der Waals surface area contributed by atoms with E-state index >= 15 is 0 Å². The van der Waals surface area contributed by atoms with E-state index in [1.807, 2.05) is 11.3 Å². The van der Waals surface area contributed by atoms with Gasteiger partial charge in [-0.2, -0.15) is 0 Å². The molecule has 0 aromatic carbocycles. The van der Waals surface area contributed by atoms with Gasteiger partial charge in [0.15, 0.2) is 0 Å². The third-order valence-electron chi connectivity index (χ3n) is 3.53. The van der Waals surface area contributed by atoms with Crippen LogP contribution in [0.15, 0.2) is 15.9 Å². The predicted octanol–water partition coefficient (Wildman–Crippen LogP) is 3.38. The summed E-state index contributed by atoms with van der Waals surface area (Å²) >= 11 is 5.36. The van der Waals surface area contributed by atoms with Crippen molar-refractivity contribution in [2.75, 3.05) is 39.9 Å². The van der Waals surface area contributed by atoms with Crippen molar-refractivity contribution in [1.82, 2.24) is 10.2 Å². The molecule has 0 bridgehead atoms. The largest absolute Gasteiger partial charge is 0.383 e. The number of nitrogens with zero attached hydrogens (tertiary/aromatic N) is 1. The summed E-state index contributed by atoms with van der Waals surface area (Å²) in [6, 6.07) is 2.23. The van der Waals surface area contributed by atoms with E-state index in [-0.39, 0.29) is 12.4 Å². The minimum atomic E-state index is 0. The third kappa shape index (κ3) is 6.41. The molecule has 3 nitrogen and oxygen atoms in total. The van der Waals surface area contributed by atoms with Gasteiger partial charge >= 0.3 is 0 Å². The number of halogens is 2. The molecule has 116 valence electrons. The standard InChI is InChI=1S/C14H23BrN2OS.ClH/c1-18-6-5-17(9-12-3-2-4-16-8-12)10-14-7-13(15)11-19-14;/h7,11-12,16H,2-6,8-10H2,1H3;1H. The Morgan fingerprint density at radius 1 is 1.55 bits per heavy atom. The first-order valence-corrected chi connectivity index (χ1v) is 8.60. The lowest BCUT2D eigenvalue weighted by Crippen LogP contribution is -2.39. The molecule has 1 aliphatic heterocycles. The number of piperidine rings is 1. The lowest BCUT2D eigenvalue weighted by molar-refractivity contribution is 0.128. The Hall–Kier alpha value is 0.350. The molecule has 2 heterocycles. The predicted molar refractivity (Wildman–Crippen MR) is 92.0 cm³/mol. The van der Waals surface area contributed by atoms with Crippen molar-refractivity contribution in [3.8, 4) is 0 Å². The Kier molecular flexibility index (Phi) is 9.33. The average molecular weight is 384 g/mol. The molecule has 0 amide bonds. The zero-order valence-electron chi connectivity index (χ0n) is 11.9. The van der Waals surface area contributed by atoms with E-state index in [9.17, 15) is 0 Å². The van der Waals surface area contributed by atoms with Crippen molar-refractivity contribution in [3.63, 3.8) is 0 Å². The third-order valence-corrected chi connectivity index (χ3v) is 5.21. The van der Waals surface area contributed by atoms with E-state index < -0.39 is 0 Å². The summed E-state index contributed by atoms with van der Waals surface area (Å²) in [5, 5.41) is 5.66. The van der Waals surface area contributed by atoms with Crippen molar-refractivity contribution in [2.24, 2.45) is 5.92 Å². The molecule has 2 rings (SSSR count). The van der Waals surface area contributed by atoms with Gasteiger partial charge in [0.25, 0.3) is 0 Å². The summed E-state index contributed by atoms with van der Waals surface area (Å²) in [6.07, 6.45) is 2.66. The van der Waals surface area contributed by atoms with Crippen LogP contribution in [0.1, 0.15) is 17.7 Å². The van der Waals surface area contributed by atoms with Crippen LogP contribution >= 0.6 is 39.7 Å². The fourth-order valence-corrected chi connectivity index (χ4v) is 4.05. The summed E-state index contributed by atoms with van der Waals surface area (Å²) in [5.41, 5.74) is 0. The Balaban J connectivity index is 0.00000200. The highest BCUT2D eigenvalue weighted by molar-refractivity contribution is 9.10. The van der Waals surface area contributed by atoms with Crippen LogP contribution in [-0.2, 0) is 11.3 Å². The van der Waals surface area contributed by atoms with E-state index in [4.69, 9.17) is 4.74 Å². The van der Waals surface area contributed by atoms with Gasteiger partial charge in [0.1, 0.15) is 0 Å². The number of ether oxygens (including phenoxy) is 1. The quantitative estimate of drug-likeness (QED) is 0.781. The van der Waals surface area contributed by atoms with Gasteiger partial charge in [0, 0.05) is 41.5 Å². The summed E-state index contributed by atoms with van der Waals surface area (Å²) in [6.45, 7) is 6.39. The molecule has 6 heteroatoms. The Morgan fingerprint density at radius 3 is 3.00 bits per heavy atom. The van der Waals surface area contributed by atoms with Crippen LogP contribution in [0.5, 0.6) is 0 Å². The molecule has 1 fully saturated rings. The van der Waals surface area contributed by atoms with Gasteiger partial charge in [-0.05, 0) is 53.8 Å². The molecule has 20 heavy (non-hydrogen) atoms. The SMILES string of the molecule is COCCN(Cc1cc(Br)cs1)CC1CCCNC1.Cl. The molecule has 0 spiro atoms. The Morgan fingerprint density at radius 2 is 2.40 bits per heavy atom. The van der Waals surface area contributed by atoms with Crippen LogP contribution in [0.25, 0.3) is 0 Å². The highest BCUT2D eigenvalue weighted by atomic mass is 79.9. The van der Waals surface area contributed by atoms with E-state index in [1.54, 1.807) is 7.11 Å². The minimum absolute atomic E-state index is 0. The van der Waals surface area contributed by atoms with E-state index in [1.165, 1.54) is 35.3 Å². The average Bonchev–Trinajstić information content (AvgIpc) is 2.82. The van der Waals surface area contributed by atoms with Gasteiger partial charge < -0.3 is 10.1 Å². The van der Waals surface area contributed by atoms with Gasteiger partial charge in [-0.3, -0.25) is 4.90 Å². The summed E-state index contributed by atoms with van der Waals surface area (Å²) in [5.74, 6) is 0.786. The summed E-state index contributed by atoms with van der Waals surface area (Å²) < 4.78 is 6.43. The Bertz CT molecular complexity index is 372. The summed E-state index contributed by atoms with van der Waals surface area (Å²) in [4.78, 5) is 3.95. The summed E-state index contributed by atoms with van der Waals surface area (Å²) in [7, 11) is 1.78. The first-order chi connectivity index (χ1) is 9.28. The molecule has 1 N–H and O–H groups in total. The lowest BCUT2D eigenvalue weighted by Gasteiger charge is -2.29. The van der Waals surface area contributed by atoms with Crippen molar-refractivity contribution in [1.29, 1.82) is 0 Å². The lowest BCUT2D eigenvalue weighted by atomic mass is 9.99. The van der Waals surface area contributed by atoms with Crippen molar-refractivity contribution < 1.29 is 4.74 Å². The maximum absolute atomic E-state index is 5.24. The second-order valence-electron chi connectivity index (χ2n) is 5.17. The van der Waals surface area contributed by atoms with Crippen LogP contribution < -0.4 is 5.32 Å². The van der Waals surface area contributed by atoms with Gasteiger partial charge in [0.2, 0.25) is 0 Å². The van der Waals surface area contributed by atoms with Crippen LogP contribution in [-0.4, -0.2) is 44.8 Å². The van der Waals surface area contributed by atoms with E-state index in [2.05, 4.69) is 37.6 Å².